The van der Waals surface area contributed by atoms with Gasteiger partial charge in [0.1, 0.15) is 12.1 Å². The van der Waals surface area contributed by atoms with Crippen molar-refractivity contribution in [1.82, 2.24) is 9.97 Å². The molecule has 2 N–H and O–H groups in total. The van der Waals surface area contributed by atoms with Crippen molar-refractivity contribution < 1.29 is 9.90 Å². The second-order valence-electron chi connectivity index (χ2n) is 4.22. The highest BCUT2D eigenvalue weighted by molar-refractivity contribution is 5.87. The van der Waals surface area contributed by atoms with Crippen LogP contribution < -0.4 is 5.32 Å². The summed E-state index contributed by atoms with van der Waals surface area (Å²) in [6.07, 6.45) is 2.34. The van der Waals surface area contributed by atoms with Gasteiger partial charge in [0.05, 0.1) is 5.56 Å². The van der Waals surface area contributed by atoms with Crippen molar-refractivity contribution in [3.63, 3.8) is 0 Å². The van der Waals surface area contributed by atoms with Crippen LogP contribution in [0, 0.1) is 6.92 Å². The molecule has 2 aromatic rings. The van der Waals surface area contributed by atoms with Gasteiger partial charge in [0, 0.05) is 18.3 Å². The Morgan fingerprint density at radius 3 is 2.63 bits per heavy atom. The maximum Gasteiger partial charge on any atom is 0.335 e. The van der Waals surface area contributed by atoms with Gasteiger partial charge < -0.3 is 10.4 Å². The summed E-state index contributed by atoms with van der Waals surface area (Å²) in [7, 11) is 0. The van der Waals surface area contributed by atoms with Crippen LogP contribution in [0.3, 0.4) is 0 Å². The van der Waals surface area contributed by atoms with Gasteiger partial charge in [0.15, 0.2) is 0 Å². The summed E-state index contributed by atoms with van der Waals surface area (Å²) in [6.45, 7) is 2.65. The molecule has 5 nitrogen and oxygen atoms in total. The molecule has 0 unspecified atom stereocenters. The molecule has 98 valence electrons. The van der Waals surface area contributed by atoms with E-state index in [0.717, 1.165) is 30.0 Å². The number of rotatable bonds is 5. The van der Waals surface area contributed by atoms with E-state index in [4.69, 9.17) is 5.11 Å². The van der Waals surface area contributed by atoms with E-state index in [-0.39, 0.29) is 0 Å². The van der Waals surface area contributed by atoms with Crippen LogP contribution in [-0.2, 0) is 6.42 Å². The third-order valence-electron chi connectivity index (χ3n) is 2.72. The van der Waals surface area contributed by atoms with Crippen LogP contribution in [0.2, 0.25) is 0 Å². The quantitative estimate of drug-likeness (QED) is 0.858. The number of carboxylic acid groups (broad SMARTS) is 1. The van der Waals surface area contributed by atoms with E-state index < -0.39 is 5.97 Å². The first-order valence-electron chi connectivity index (χ1n) is 6.00. The Morgan fingerprint density at radius 1 is 1.26 bits per heavy atom. The molecular weight excluding hydrogens is 242 g/mol. The molecule has 0 atom stereocenters. The Kier molecular flexibility index (Phi) is 4.07. The van der Waals surface area contributed by atoms with Gasteiger partial charge in [-0.15, -0.1) is 0 Å². The third kappa shape index (κ3) is 3.77. The normalized spacial score (nSPS) is 10.2. The maximum atomic E-state index is 10.7. The zero-order valence-electron chi connectivity index (χ0n) is 10.6. The monoisotopic (exact) mass is 257 g/mol. The Bertz CT molecular complexity index is 567. The molecule has 1 heterocycles. The molecule has 0 fully saturated rings. The highest BCUT2D eigenvalue weighted by atomic mass is 16.4. The lowest BCUT2D eigenvalue weighted by Gasteiger charge is -2.06. The zero-order valence-corrected chi connectivity index (χ0v) is 10.6. The van der Waals surface area contributed by atoms with Gasteiger partial charge in [-0.1, -0.05) is 12.1 Å². The molecule has 0 saturated heterocycles. The minimum atomic E-state index is -0.902. The summed E-state index contributed by atoms with van der Waals surface area (Å²) in [5.41, 5.74) is 2.31. The summed E-state index contributed by atoms with van der Waals surface area (Å²) < 4.78 is 0. The van der Waals surface area contributed by atoms with E-state index in [0.29, 0.717) is 5.56 Å². The van der Waals surface area contributed by atoms with Crippen LogP contribution in [-0.4, -0.2) is 27.6 Å². The first-order chi connectivity index (χ1) is 9.15. The number of nitrogens with one attached hydrogen (secondary N) is 1. The summed E-state index contributed by atoms with van der Waals surface area (Å²) in [5.74, 6) is -0.101. The average Bonchev–Trinajstić information content (AvgIpc) is 2.39. The molecule has 0 aliphatic carbocycles. The van der Waals surface area contributed by atoms with Crippen LogP contribution in [0.15, 0.2) is 36.7 Å². The zero-order chi connectivity index (χ0) is 13.7. The number of aromatic carboxylic acids is 1. The van der Waals surface area contributed by atoms with Crippen molar-refractivity contribution in [3.05, 3.63) is 53.5 Å². The maximum absolute atomic E-state index is 10.7. The van der Waals surface area contributed by atoms with Crippen molar-refractivity contribution in [2.75, 3.05) is 11.9 Å². The second-order valence-corrected chi connectivity index (χ2v) is 4.22. The van der Waals surface area contributed by atoms with Gasteiger partial charge in [-0.25, -0.2) is 14.8 Å². The van der Waals surface area contributed by atoms with Crippen LogP contribution >= 0.6 is 0 Å². The van der Waals surface area contributed by atoms with E-state index >= 15 is 0 Å². The van der Waals surface area contributed by atoms with Crippen LogP contribution in [0.5, 0.6) is 0 Å². The number of aryl methyl sites for hydroxylation is 1. The lowest BCUT2D eigenvalue weighted by molar-refractivity contribution is 0.0697. The summed E-state index contributed by atoms with van der Waals surface area (Å²) >= 11 is 0. The van der Waals surface area contributed by atoms with Crippen molar-refractivity contribution >= 4 is 11.8 Å². The topological polar surface area (TPSA) is 75.1 Å². The number of aromatic nitrogens is 2. The molecule has 1 aromatic heterocycles. The van der Waals surface area contributed by atoms with Crippen LogP contribution in [0.4, 0.5) is 5.82 Å². The first-order valence-corrected chi connectivity index (χ1v) is 6.00. The Hall–Kier alpha value is -2.43. The van der Waals surface area contributed by atoms with Gasteiger partial charge in [-0.3, -0.25) is 0 Å². The second kappa shape index (κ2) is 5.95. The number of hydrogen-bond donors (Lipinski definition) is 2. The van der Waals surface area contributed by atoms with Crippen LogP contribution in [0.25, 0.3) is 0 Å². The van der Waals surface area contributed by atoms with Gasteiger partial charge in [-0.2, -0.15) is 0 Å². The molecule has 0 bridgehead atoms. The molecular formula is C14H15N3O2. The number of nitrogens with zero attached hydrogens (tertiary/aromatic N) is 2. The van der Waals surface area contributed by atoms with E-state index in [1.165, 1.54) is 6.33 Å². The fourth-order valence-corrected chi connectivity index (χ4v) is 1.70. The molecule has 1 aromatic carbocycles. The largest absolute Gasteiger partial charge is 0.478 e. The number of carboxylic acids is 1. The molecule has 0 saturated carbocycles. The molecule has 0 spiro atoms. The fourth-order valence-electron chi connectivity index (χ4n) is 1.70. The molecule has 0 amide bonds. The first kappa shape index (κ1) is 13.0. The number of benzene rings is 1. The summed E-state index contributed by atoms with van der Waals surface area (Å²) in [6, 6.07) is 8.78. The van der Waals surface area contributed by atoms with Crippen LogP contribution in [0.1, 0.15) is 21.6 Å². The fraction of sp³-hybridized carbons (Fsp3) is 0.214. The lowest BCUT2D eigenvalue weighted by Crippen LogP contribution is -2.07. The standard InChI is InChI=1S/C14H15N3O2/c1-10-8-13(17-9-16-10)15-7-6-11-2-4-12(5-3-11)14(18)19/h2-5,8-9H,6-7H2,1H3,(H,18,19)(H,15,16,17). The van der Waals surface area contributed by atoms with Crippen molar-refractivity contribution in [1.29, 1.82) is 0 Å². The molecule has 0 aliphatic heterocycles. The lowest BCUT2D eigenvalue weighted by atomic mass is 10.1. The number of carbonyl (C=O) groups is 1. The number of anilines is 1. The third-order valence-corrected chi connectivity index (χ3v) is 2.72. The Morgan fingerprint density at radius 2 is 2.00 bits per heavy atom. The van der Waals surface area contributed by atoms with Gasteiger partial charge in [0.25, 0.3) is 0 Å². The summed E-state index contributed by atoms with van der Waals surface area (Å²) in [5, 5.41) is 12.0. The predicted octanol–water partition coefficient (Wildman–Crippen LogP) is 2.14. The average molecular weight is 257 g/mol. The minimum Gasteiger partial charge on any atom is -0.478 e. The predicted molar refractivity (Wildman–Crippen MR) is 72.4 cm³/mol. The van der Waals surface area contributed by atoms with E-state index in [9.17, 15) is 4.79 Å². The molecule has 2 rings (SSSR count). The highest BCUT2D eigenvalue weighted by Gasteiger charge is 2.01. The van der Waals surface area contributed by atoms with Crippen molar-refractivity contribution in [2.45, 2.75) is 13.3 Å². The molecule has 19 heavy (non-hydrogen) atoms. The SMILES string of the molecule is Cc1cc(NCCc2ccc(C(=O)O)cc2)ncn1. The van der Waals surface area contributed by atoms with E-state index in [2.05, 4.69) is 15.3 Å². The van der Waals surface area contributed by atoms with Gasteiger partial charge in [-0.05, 0) is 31.0 Å². The van der Waals surface area contributed by atoms with Gasteiger partial charge in [0.2, 0.25) is 0 Å². The van der Waals surface area contributed by atoms with E-state index in [1.807, 2.05) is 25.1 Å². The van der Waals surface area contributed by atoms with E-state index in [1.54, 1.807) is 12.1 Å². The number of hydrogen-bond acceptors (Lipinski definition) is 4. The van der Waals surface area contributed by atoms with Gasteiger partial charge >= 0.3 is 5.97 Å². The minimum absolute atomic E-state index is 0.308. The molecule has 0 aliphatic rings. The van der Waals surface area contributed by atoms with Crippen molar-refractivity contribution in [3.8, 4) is 0 Å². The Labute approximate surface area is 111 Å². The van der Waals surface area contributed by atoms with Crippen molar-refractivity contribution in [2.24, 2.45) is 0 Å². The highest BCUT2D eigenvalue weighted by Crippen LogP contribution is 2.07. The molecule has 5 heteroatoms. The Balaban J connectivity index is 1.87. The smallest absolute Gasteiger partial charge is 0.335 e. The molecule has 0 radical (unpaired) electrons. The summed E-state index contributed by atoms with van der Waals surface area (Å²) in [4.78, 5) is 18.9.